The monoisotopic (exact) mass is 228 g/mol. The van der Waals surface area contributed by atoms with E-state index in [1.807, 2.05) is 6.92 Å². The fraction of sp³-hybridized carbons (Fsp3) is 0.833. The van der Waals surface area contributed by atoms with Crippen LogP contribution in [0.5, 0.6) is 0 Å². The highest BCUT2D eigenvalue weighted by Crippen LogP contribution is 2.07. The molecule has 0 aliphatic rings. The molecule has 0 bridgehead atoms. The third kappa shape index (κ3) is 9.65. The van der Waals surface area contributed by atoms with Crippen molar-refractivity contribution in [3.8, 4) is 0 Å². The lowest BCUT2D eigenvalue weighted by Crippen LogP contribution is -2.30. The van der Waals surface area contributed by atoms with Crippen molar-refractivity contribution < 1.29 is 9.59 Å². The summed E-state index contributed by atoms with van der Waals surface area (Å²) in [4.78, 5) is 21.5. The largest absolute Gasteiger partial charge is 0.354 e. The van der Waals surface area contributed by atoms with Gasteiger partial charge in [0.1, 0.15) is 5.78 Å². The van der Waals surface area contributed by atoms with Crippen LogP contribution >= 0.6 is 0 Å². The Morgan fingerprint density at radius 3 is 2.25 bits per heavy atom. The lowest BCUT2D eigenvalue weighted by molar-refractivity contribution is -0.119. The zero-order valence-corrected chi connectivity index (χ0v) is 10.6. The van der Waals surface area contributed by atoms with E-state index in [1.54, 1.807) is 6.92 Å². The summed E-state index contributed by atoms with van der Waals surface area (Å²) in [5.41, 5.74) is 5.78. The molecule has 0 aromatic rings. The van der Waals surface area contributed by atoms with Gasteiger partial charge in [-0.1, -0.05) is 12.8 Å². The van der Waals surface area contributed by atoms with Crippen LogP contribution in [0.15, 0.2) is 0 Å². The number of carbonyl (C=O) groups is 2. The van der Waals surface area contributed by atoms with Crippen LogP contribution in [0.25, 0.3) is 0 Å². The summed E-state index contributed by atoms with van der Waals surface area (Å²) >= 11 is 0. The summed E-state index contributed by atoms with van der Waals surface area (Å²) in [5, 5.41) is 2.84. The highest BCUT2D eigenvalue weighted by molar-refractivity contribution is 5.76. The maximum absolute atomic E-state index is 10.8. The number of nitrogens with two attached hydrogens (primary N) is 1. The molecule has 2 atom stereocenters. The second-order valence-electron chi connectivity index (χ2n) is 4.55. The Balaban J connectivity index is 3.45. The molecule has 1 amide bonds. The zero-order chi connectivity index (χ0) is 12.6. The third-order valence-electron chi connectivity index (χ3n) is 2.46. The smallest absolute Gasteiger partial charge is 0.217 e. The first kappa shape index (κ1) is 15.1. The Kier molecular flexibility index (Phi) is 7.81. The minimum Gasteiger partial charge on any atom is -0.354 e. The van der Waals surface area contributed by atoms with Crippen molar-refractivity contribution in [2.45, 2.75) is 65.0 Å². The number of nitrogens with one attached hydrogen (secondary N) is 1. The van der Waals surface area contributed by atoms with E-state index in [9.17, 15) is 9.59 Å². The van der Waals surface area contributed by atoms with Crippen molar-refractivity contribution in [2.75, 3.05) is 0 Å². The number of hydrogen-bond donors (Lipinski definition) is 2. The summed E-state index contributed by atoms with van der Waals surface area (Å²) in [5.74, 6) is 0.167. The van der Waals surface area contributed by atoms with Crippen LogP contribution in [0.1, 0.15) is 52.9 Å². The average molecular weight is 228 g/mol. The fourth-order valence-electron chi connectivity index (χ4n) is 1.75. The van der Waals surface area contributed by atoms with E-state index < -0.39 is 0 Å². The van der Waals surface area contributed by atoms with Crippen LogP contribution in [-0.4, -0.2) is 23.8 Å². The number of hydrogen-bond acceptors (Lipinski definition) is 3. The second kappa shape index (κ2) is 8.28. The molecule has 0 saturated carbocycles. The van der Waals surface area contributed by atoms with E-state index in [4.69, 9.17) is 5.73 Å². The highest BCUT2D eigenvalue weighted by atomic mass is 16.1. The summed E-state index contributed by atoms with van der Waals surface area (Å²) in [7, 11) is 0. The van der Waals surface area contributed by atoms with Crippen molar-refractivity contribution in [3.05, 3.63) is 0 Å². The van der Waals surface area contributed by atoms with Gasteiger partial charge >= 0.3 is 0 Å². The minimum absolute atomic E-state index is 0.00595. The summed E-state index contributed by atoms with van der Waals surface area (Å²) in [6.45, 7) is 5.09. The Morgan fingerprint density at radius 1 is 1.19 bits per heavy atom. The SMILES string of the molecule is CC(=O)CC(N)CCCCC(C)NC(C)=O. The Morgan fingerprint density at radius 2 is 1.75 bits per heavy atom. The maximum Gasteiger partial charge on any atom is 0.217 e. The van der Waals surface area contributed by atoms with Gasteiger partial charge in [0.2, 0.25) is 5.91 Å². The van der Waals surface area contributed by atoms with Crippen LogP contribution in [0.3, 0.4) is 0 Å². The molecule has 4 heteroatoms. The van der Waals surface area contributed by atoms with Gasteiger partial charge in [-0.15, -0.1) is 0 Å². The molecule has 0 spiro atoms. The van der Waals surface area contributed by atoms with Crippen LogP contribution in [0.4, 0.5) is 0 Å². The van der Waals surface area contributed by atoms with E-state index in [0.29, 0.717) is 6.42 Å². The predicted molar refractivity (Wildman–Crippen MR) is 65.0 cm³/mol. The van der Waals surface area contributed by atoms with E-state index in [1.165, 1.54) is 6.92 Å². The zero-order valence-electron chi connectivity index (χ0n) is 10.6. The maximum atomic E-state index is 10.8. The molecule has 0 radical (unpaired) electrons. The van der Waals surface area contributed by atoms with Gasteiger partial charge in [0.25, 0.3) is 0 Å². The van der Waals surface area contributed by atoms with Crippen molar-refractivity contribution in [1.82, 2.24) is 5.32 Å². The molecule has 0 rings (SSSR count). The number of ketones is 1. The number of Topliss-reactive ketones (excluding diaryl/α,β-unsaturated/α-hetero) is 1. The molecule has 0 aromatic heterocycles. The highest BCUT2D eigenvalue weighted by Gasteiger charge is 2.06. The van der Waals surface area contributed by atoms with E-state index >= 15 is 0 Å². The first-order chi connectivity index (χ1) is 7.41. The Hall–Kier alpha value is -0.900. The molecule has 0 aliphatic heterocycles. The van der Waals surface area contributed by atoms with Crippen LogP contribution in [0, 0.1) is 0 Å². The van der Waals surface area contributed by atoms with Crippen molar-refractivity contribution in [1.29, 1.82) is 0 Å². The topological polar surface area (TPSA) is 72.2 Å². The molecule has 94 valence electrons. The first-order valence-corrected chi connectivity index (χ1v) is 5.94. The third-order valence-corrected chi connectivity index (χ3v) is 2.46. The summed E-state index contributed by atoms with van der Waals surface area (Å²) in [6, 6.07) is 0.218. The molecule has 3 N–H and O–H groups in total. The molecule has 0 fully saturated rings. The lowest BCUT2D eigenvalue weighted by atomic mass is 10.0. The molecule has 2 unspecified atom stereocenters. The van der Waals surface area contributed by atoms with Gasteiger partial charge in [0.15, 0.2) is 0 Å². The van der Waals surface area contributed by atoms with E-state index in [0.717, 1.165) is 25.7 Å². The molecule has 4 nitrogen and oxygen atoms in total. The number of carbonyl (C=O) groups excluding carboxylic acids is 2. The van der Waals surface area contributed by atoms with Gasteiger partial charge in [-0.3, -0.25) is 9.59 Å². The number of amides is 1. The van der Waals surface area contributed by atoms with E-state index in [2.05, 4.69) is 5.32 Å². The van der Waals surface area contributed by atoms with Crippen LogP contribution in [-0.2, 0) is 9.59 Å². The molecule has 0 aliphatic carbocycles. The molecular weight excluding hydrogens is 204 g/mol. The normalized spacial score (nSPS) is 14.2. The van der Waals surface area contributed by atoms with Gasteiger partial charge in [-0.25, -0.2) is 0 Å². The van der Waals surface area contributed by atoms with E-state index in [-0.39, 0.29) is 23.8 Å². The second-order valence-corrected chi connectivity index (χ2v) is 4.55. The van der Waals surface area contributed by atoms with Crippen molar-refractivity contribution in [3.63, 3.8) is 0 Å². The lowest BCUT2D eigenvalue weighted by Gasteiger charge is -2.13. The van der Waals surface area contributed by atoms with Gasteiger partial charge in [0, 0.05) is 25.4 Å². The van der Waals surface area contributed by atoms with Crippen molar-refractivity contribution in [2.24, 2.45) is 5.73 Å². The summed E-state index contributed by atoms with van der Waals surface area (Å²) in [6.07, 6.45) is 4.37. The molecule has 0 saturated heterocycles. The fourth-order valence-corrected chi connectivity index (χ4v) is 1.75. The predicted octanol–water partition coefficient (Wildman–Crippen LogP) is 1.38. The van der Waals surface area contributed by atoms with Gasteiger partial charge in [0.05, 0.1) is 0 Å². The first-order valence-electron chi connectivity index (χ1n) is 5.94. The molecule has 16 heavy (non-hydrogen) atoms. The van der Waals surface area contributed by atoms with Gasteiger partial charge < -0.3 is 11.1 Å². The number of unbranched alkanes of at least 4 members (excludes halogenated alkanes) is 1. The molecular formula is C12H24N2O2. The molecule has 0 heterocycles. The Bertz CT molecular complexity index is 205. The Labute approximate surface area is 98.0 Å². The number of rotatable bonds is 8. The van der Waals surface area contributed by atoms with Crippen LogP contribution < -0.4 is 11.1 Å². The standard InChI is InChI=1S/C12H24N2O2/c1-9(14-11(3)16)6-4-5-7-12(13)8-10(2)15/h9,12H,4-8,13H2,1-3H3,(H,14,16). The quantitative estimate of drug-likeness (QED) is 0.616. The van der Waals surface area contributed by atoms with Gasteiger partial charge in [-0.05, 0) is 26.7 Å². The average Bonchev–Trinajstić information content (AvgIpc) is 2.10. The van der Waals surface area contributed by atoms with Gasteiger partial charge in [-0.2, -0.15) is 0 Å². The van der Waals surface area contributed by atoms with Crippen LogP contribution in [0.2, 0.25) is 0 Å². The summed E-state index contributed by atoms with van der Waals surface area (Å²) < 4.78 is 0. The molecule has 0 aromatic carbocycles. The minimum atomic E-state index is -0.00595. The van der Waals surface area contributed by atoms with Crippen molar-refractivity contribution >= 4 is 11.7 Å².